The summed E-state index contributed by atoms with van der Waals surface area (Å²) in [4.78, 5) is 11.2. The van der Waals surface area contributed by atoms with Gasteiger partial charge in [-0.3, -0.25) is 0 Å². The molecule has 124 valence electrons. The minimum atomic E-state index is -3.70. The van der Waals surface area contributed by atoms with Crippen LogP contribution in [0.3, 0.4) is 0 Å². The average molecular weight is 331 g/mol. The summed E-state index contributed by atoms with van der Waals surface area (Å²) in [5.41, 5.74) is 0.656. The number of sulfonamides is 1. The van der Waals surface area contributed by atoms with Crippen molar-refractivity contribution in [3.05, 3.63) is 23.8 Å². The smallest absolute Gasteiger partial charge is 0.343 e. The summed E-state index contributed by atoms with van der Waals surface area (Å²) in [6.07, 6.45) is -0.237. The molecule has 0 spiro atoms. The molecule has 1 rings (SSSR count). The summed E-state index contributed by atoms with van der Waals surface area (Å²) in [5.74, 6) is -0.0836. The highest BCUT2D eigenvalue weighted by Gasteiger charge is 2.17. The van der Waals surface area contributed by atoms with Crippen LogP contribution in [-0.2, 0) is 26.0 Å². The molecule has 0 aromatic heterocycles. The number of aliphatic hydroxyl groups excluding tert-OH is 1. The summed E-state index contributed by atoms with van der Waals surface area (Å²) in [6, 6.07) is 4.37. The zero-order valence-corrected chi connectivity index (χ0v) is 13.6. The topological polar surface area (TPSA) is 102 Å². The Morgan fingerprint density at radius 1 is 1.41 bits per heavy atom. The molecule has 8 heteroatoms. The molecule has 1 aromatic carbocycles. The van der Waals surface area contributed by atoms with Crippen molar-refractivity contribution in [2.45, 2.75) is 31.3 Å². The third-order valence-electron chi connectivity index (χ3n) is 2.87. The molecular weight excluding hydrogens is 310 g/mol. The van der Waals surface area contributed by atoms with E-state index < -0.39 is 22.1 Å². The van der Waals surface area contributed by atoms with Crippen molar-refractivity contribution in [2.75, 3.05) is 20.3 Å². The van der Waals surface area contributed by atoms with Gasteiger partial charge in [0.25, 0.3) is 0 Å². The number of esters is 1. The van der Waals surface area contributed by atoms with E-state index in [1.54, 1.807) is 0 Å². The van der Waals surface area contributed by atoms with Crippen LogP contribution in [0.5, 0.6) is 5.75 Å². The molecule has 0 bridgehead atoms. The van der Waals surface area contributed by atoms with Crippen LogP contribution in [0.15, 0.2) is 23.1 Å². The summed E-state index contributed by atoms with van der Waals surface area (Å²) in [6.45, 7) is 3.03. The Balaban J connectivity index is 2.94. The number of rotatable bonds is 8. The molecule has 22 heavy (non-hydrogen) atoms. The van der Waals surface area contributed by atoms with Crippen molar-refractivity contribution in [3.8, 4) is 5.75 Å². The van der Waals surface area contributed by atoms with Gasteiger partial charge in [0.2, 0.25) is 10.0 Å². The molecule has 7 nitrogen and oxygen atoms in total. The molecule has 0 saturated carbocycles. The van der Waals surface area contributed by atoms with E-state index in [2.05, 4.69) is 9.46 Å². The Kier molecular flexibility index (Phi) is 6.79. The fourth-order valence-electron chi connectivity index (χ4n) is 1.65. The fraction of sp³-hybridized carbons (Fsp3) is 0.500. The van der Waals surface area contributed by atoms with Crippen molar-refractivity contribution in [2.24, 2.45) is 0 Å². The second kappa shape index (κ2) is 8.11. The number of hydrogen-bond acceptors (Lipinski definition) is 6. The van der Waals surface area contributed by atoms with E-state index >= 15 is 0 Å². The predicted molar refractivity (Wildman–Crippen MR) is 80.2 cm³/mol. The highest BCUT2D eigenvalue weighted by molar-refractivity contribution is 7.89. The van der Waals surface area contributed by atoms with Crippen LogP contribution in [0.1, 0.15) is 19.4 Å². The van der Waals surface area contributed by atoms with E-state index in [0.717, 1.165) is 0 Å². The van der Waals surface area contributed by atoms with E-state index in [9.17, 15) is 13.2 Å². The number of methoxy groups -OCH3 is 1. The molecule has 0 saturated heterocycles. The second-order valence-corrected chi connectivity index (χ2v) is 6.46. The van der Waals surface area contributed by atoms with E-state index in [4.69, 9.17) is 9.84 Å². The molecule has 0 aliphatic heterocycles. The van der Waals surface area contributed by atoms with E-state index in [-0.39, 0.29) is 18.0 Å². The molecule has 0 amide bonds. The van der Waals surface area contributed by atoms with Crippen LogP contribution < -0.4 is 9.46 Å². The number of carbonyl (C=O) groups is 1. The molecular formula is C14H21NO6S. The Morgan fingerprint density at radius 2 is 2.09 bits per heavy atom. The third kappa shape index (κ3) is 5.28. The number of hydrogen-bond donors (Lipinski definition) is 2. The zero-order valence-electron chi connectivity index (χ0n) is 12.8. The Labute approximate surface area is 130 Å². The van der Waals surface area contributed by atoms with Gasteiger partial charge in [-0.1, -0.05) is 6.92 Å². The van der Waals surface area contributed by atoms with Crippen LogP contribution in [0.2, 0.25) is 0 Å². The van der Waals surface area contributed by atoms with Crippen LogP contribution in [0.4, 0.5) is 0 Å². The SMILES string of the molecule is CCc1cc(S(=O)(=O)NC[C@H](C)O)ccc1OCC(=O)OC. The number of benzene rings is 1. The molecule has 0 radical (unpaired) electrons. The van der Waals surface area contributed by atoms with Crippen LogP contribution in [0.25, 0.3) is 0 Å². The maximum Gasteiger partial charge on any atom is 0.343 e. The van der Waals surface area contributed by atoms with Crippen LogP contribution >= 0.6 is 0 Å². The number of nitrogens with one attached hydrogen (secondary N) is 1. The maximum atomic E-state index is 12.1. The highest BCUT2D eigenvalue weighted by atomic mass is 32.2. The van der Waals surface area contributed by atoms with Crippen molar-refractivity contribution in [1.29, 1.82) is 0 Å². The molecule has 0 aliphatic carbocycles. The van der Waals surface area contributed by atoms with Gasteiger partial charge in [0, 0.05) is 6.54 Å². The Hall–Kier alpha value is -1.64. The lowest BCUT2D eigenvalue weighted by Gasteiger charge is -2.13. The molecule has 1 atom stereocenters. The van der Waals surface area contributed by atoms with E-state index in [1.165, 1.54) is 32.2 Å². The van der Waals surface area contributed by atoms with E-state index in [0.29, 0.717) is 17.7 Å². The standard InChI is InChI=1S/C14H21NO6S/c1-4-11-7-12(22(18,19)15-8-10(2)16)5-6-13(11)21-9-14(17)20-3/h5-7,10,15-16H,4,8-9H2,1-3H3/t10-/m0/s1. The second-order valence-electron chi connectivity index (χ2n) is 4.69. The number of aliphatic hydroxyl groups is 1. The first kappa shape index (κ1) is 18.4. The quantitative estimate of drug-likeness (QED) is 0.671. The molecule has 2 N–H and O–H groups in total. The Bertz CT molecular complexity index is 612. The summed E-state index contributed by atoms with van der Waals surface area (Å²) >= 11 is 0. The largest absolute Gasteiger partial charge is 0.482 e. The van der Waals surface area contributed by atoms with Crippen LogP contribution in [0, 0.1) is 0 Å². The molecule has 0 fully saturated rings. The van der Waals surface area contributed by atoms with Crippen molar-refractivity contribution in [3.63, 3.8) is 0 Å². The van der Waals surface area contributed by atoms with Gasteiger partial charge in [-0.05, 0) is 37.1 Å². The van der Waals surface area contributed by atoms with E-state index in [1.807, 2.05) is 6.92 Å². The van der Waals surface area contributed by atoms with Crippen LogP contribution in [-0.4, -0.2) is 45.9 Å². The molecule has 0 unspecified atom stereocenters. The lowest BCUT2D eigenvalue weighted by atomic mass is 10.1. The first-order chi connectivity index (χ1) is 10.3. The van der Waals surface area contributed by atoms with Gasteiger partial charge in [-0.25, -0.2) is 17.9 Å². The number of aryl methyl sites for hydroxylation is 1. The van der Waals surface area contributed by atoms with Gasteiger partial charge in [0.15, 0.2) is 6.61 Å². The highest BCUT2D eigenvalue weighted by Crippen LogP contribution is 2.23. The molecule has 0 aliphatic rings. The number of ether oxygens (including phenoxy) is 2. The van der Waals surface area contributed by atoms with Gasteiger partial charge >= 0.3 is 5.97 Å². The zero-order chi connectivity index (χ0) is 16.8. The van der Waals surface area contributed by atoms with Gasteiger partial charge in [0.05, 0.1) is 18.1 Å². The average Bonchev–Trinajstić information content (AvgIpc) is 2.50. The fourth-order valence-corrected chi connectivity index (χ4v) is 2.82. The summed E-state index contributed by atoms with van der Waals surface area (Å²) < 4.78 is 36.3. The van der Waals surface area contributed by atoms with Crippen molar-refractivity contribution < 1.29 is 27.8 Å². The van der Waals surface area contributed by atoms with Gasteiger partial charge in [-0.2, -0.15) is 0 Å². The molecule has 0 heterocycles. The maximum absolute atomic E-state index is 12.1. The predicted octanol–water partition coefficient (Wildman–Crippen LogP) is 0.460. The van der Waals surface area contributed by atoms with Gasteiger partial charge in [-0.15, -0.1) is 0 Å². The number of carbonyl (C=O) groups excluding carboxylic acids is 1. The van der Waals surface area contributed by atoms with Crippen molar-refractivity contribution in [1.82, 2.24) is 4.72 Å². The third-order valence-corrected chi connectivity index (χ3v) is 4.29. The minimum absolute atomic E-state index is 0.0651. The van der Waals surface area contributed by atoms with Gasteiger partial charge in [0.1, 0.15) is 5.75 Å². The first-order valence-corrected chi connectivity index (χ1v) is 8.28. The lowest BCUT2D eigenvalue weighted by Crippen LogP contribution is -2.30. The minimum Gasteiger partial charge on any atom is -0.482 e. The molecule has 1 aromatic rings. The Morgan fingerprint density at radius 3 is 2.64 bits per heavy atom. The lowest BCUT2D eigenvalue weighted by molar-refractivity contribution is -0.142. The summed E-state index contributed by atoms with van der Waals surface area (Å²) in [7, 11) is -2.44. The monoisotopic (exact) mass is 331 g/mol. The normalized spacial score (nSPS) is 12.7. The van der Waals surface area contributed by atoms with Gasteiger partial charge < -0.3 is 14.6 Å². The van der Waals surface area contributed by atoms with Crippen molar-refractivity contribution >= 4 is 16.0 Å². The first-order valence-electron chi connectivity index (χ1n) is 6.80. The summed E-state index contributed by atoms with van der Waals surface area (Å²) in [5, 5.41) is 9.16.